The Morgan fingerprint density at radius 2 is 1.62 bits per heavy atom. The molecule has 0 bridgehead atoms. The van der Waals surface area contributed by atoms with Crippen LogP contribution >= 0.6 is 0 Å². The molecule has 2 rings (SSSR count). The van der Waals surface area contributed by atoms with Crippen LogP contribution in [0.15, 0.2) is 24.3 Å². The van der Waals surface area contributed by atoms with Crippen molar-refractivity contribution < 1.29 is 23.9 Å². The van der Waals surface area contributed by atoms with Gasteiger partial charge in [0.25, 0.3) is 11.8 Å². The molecule has 8 nitrogen and oxygen atoms in total. The summed E-state index contributed by atoms with van der Waals surface area (Å²) >= 11 is 0. The van der Waals surface area contributed by atoms with Gasteiger partial charge in [-0.25, -0.2) is 9.59 Å². The third kappa shape index (κ3) is 7.66. The van der Waals surface area contributed by atoms with E-state index in [-0.39, 0.29) is 17.4 Å². The van der Waals surface area contributed by atoms with Crippen molar-refractivity contribution in [1.29, 1.82) is 0 Å². The molecule has 1 aliphatic carbocycles. The minimum atomic E-state index is -0.926. The zero-order chi connectivity index (χ0) is 23.9. The molecule has 0 aliphatic heterocycles. The second-order valence-corrected chi connectivity index (χ2v) is 9.63. The number of ether oxygens (including phenoxy) is 1. The molecule has 1 aromatic rings. The summed E-state index contributed by atoms with van der Waals surface area (Å²) < 4.78 is 5.05. The van der Waals surface area contributed by atoms with E-state index in [0.717, 1.165) is 31.2 Å². The fourth-order valence-corrected chi connectivity index (χ4v) is 3.52. The zero-order valence-electron chi connectivity index (χ0n) is 19.6. The van der Waals surface area contributed by atoms with Gasteiger partial charge in [-0.1, -0.05) is 59.6 Å². The van der Waals surface area contributed by atoms with Crippen LogP contribution in [0.4, 0.5) is 4.79 Å². The quantitative estimate of drug-likeness (QED) is 0.558. The lowest BCUT2D eigenvalue weighted by molar-refractivity contribution is -0.151. The molecule has 1 aliphatic rings. The van der Waals surface area contributed by atoms with Crippen LogP contribution in [-0.4, -0.2) is 42.5 Å². The van der Waals surface area contributed by atoms with E-state index in [9.17, 15) is 19.2 Å². The molecule has 3 N–H and O–H groups in total. The first-order valence-corrected chi connectivity index (χ1v) is 11.2. The molecular weight excluding hydrogens is 410 g/mol. The number of benzene rings is 1. The maximum Gasteiger partial charge on any atom is 0.329 e. The van der Waals surface area contributed by atoms with Gasteiger partial charge in [0.1, 0.15) is 6.04 Å². The maximum atomic E-state index is 12.6. The van der Waals surface area contributed by atoms with Crippen LogP contribution in [-0.2, 0) is 19.7 Å². The standard InChI is InChI=1S/C24H35N3O5/c1-15(2)20(27-21(29)16-10-12-17(13-11-16)24(3,4)5)22(30)32-14-19(28)26-23(31)25-18-8-6-7-9-18/h10-13,15,18,20H,6-9,14H2,1-5H3,(H,27,29)(H2,25,26,28,31). The van der Waals surface area contributed by atoms with E-state index in [2.05, 4.69) is 36.7 Å². The monoisotopic (exact) mass is 445 g/mol. The van der Waals surface area contributed by atoms with Gasteiger partial charge in [-0.3, -0.25) is 14.9 Å². The fraction of sp³-hybridized carbons (Fsp3) is 0.583. The molecule has 1 unspecified atom stereocenters. The summed E-state index contributed by atoms with van der Waals surface area (Å²) in [4.78, 5) is 48.9. The Bertz CT molecular complexity index is 821. The summed E-state index contributed by atoms with van der Waals surface area (Å²) in [6.07, 6.45) is 3.90. The SMILES string of the molecule is CC(C)C(NC(=O)c1ccc(C(C)(C)C)cc1)C(=O)OCC(=O)NC(=O)NC1CCCC1. The van der Waals surface area contributed by atoms with E-state index in [1.165, 1.54) is 0 Å². The average molecular weight is 446 g/mol. The highest BCUT2D eigenvalue weighted by atomic mass is 16.5. The number of hydrogen-bond donors (Lipinski definition) is 3. The summed E-state index contributed by atoms with van der Waals surface area (Å²) in [5.41, 5.74) is 1.49. The molecule has 0 heterocycles. The number of nitrogens with one attached hydrogen (secondary N) is 3. The molecule has 0 spiro atoms. The number of esters is 1. The van der Waals surface area contributed by atoms with Crippen molar-refractivity contribution in [2.75, 3.05) is 6.61 Å². The highest BCUT2D eigenvalue weighted by Gasteiger charge is 2.27. The predicted octanol–water partition coefficient (Wildman–Crippen LogP) is 3.05. The molecule has 1 saturated carbocycles. The van der Waals surface area contributed by atoms with E-state index in [1.807, 2.05) is 12.1 Å². The van der Waals surface area contributed by atoms with Gasteiger partial charge in [0.05, 0.1) is 0 Å². The lowest BCUT2D eigenvalue weighted by Gasteiger charge is -2.22. The Kier molecular flexibility index (Phi) is 8.80. The summed E-state index contributed by atoms with van der Waals surface area (Å²) in [6.45, 7) is 9.19. The predicted molar refractivity (Wildman–Crippen MR) is 121 cm³/mol. The van der Waals surface area contributed by atoms with Crippen LogP contribution in [0.25, 0.3) is 0 Å². The van der Waals surface area contributed by atoms with Crippen molar-refractivity contribution in [2.45, 2.75) is 77.8 Å². The first-order chi connectivity index (χ1) is 15.0. The number of rotatable bonds is 7. The first kappa shape index (κ1) is 25.4. The molecule has 1 fully saturated rings. The van der Waals surface area contributed by atoms with Gasteiger partial charge in [-0.05, 0) is 41.9 Å². The number of carbonyl (C=O) groups is 4. The van der Waals surface area contributed by atoms with Crippen molar-refractivity contribution in [3.8, 4) is 0 Å². The van der Waals surface area contributed by atoms with Crippen molar-refractivity contribution >= 4 is 23.8 Å². The second kappa shape index (κ2) is 11.1. The summed E-state index contributed by atoms with van der Waals surface area (Å²) in [7, 11) is 0. The van der Waals surface area contributed by atoms with Gasteiger partial charge in [-0.2, -0.15) is 0 Å². The summed E-state index contributed by atoms with van der Waals surface area (Å²) in [6, 6.07) is 5.76. The second-order valence-electron chi connectivity index (χ2n) is 9.63. The Hall–Kier alpha value is -2.90. The molecule has 0 aromatic heterocycles. The van der Waals surface area contributed by atoms with Gasteiger partial charge in [0, 0.05) is 11.6 Å². The minimum absolute atomic E-state index is 0.0339. The fourth-order valence-electron chi connectivity index (χ4n) is 3.52. The van der Waals surface area contributed by atoms with Gasteiger partial charge in [0.15, 0.2) is 6.61 Å². The number of amides is 4. The number of carbonyl (C=O) groups excluding carboxylic acids is 4. The van der Waals surface area contributed by atoms with Crippen LogP contribution in [0.2, 0.25) is 0 Å². The Balaban J connectivity index is 1.86. The van der Waals surface area contributed by atoms with E-state index in [0.29, 0.717) is 5.56 Å². The Morgan fingerprint density at radius 1 is 1.03 bits per heavy atom. The van der Waals surface area contributed by atoms with Gasteiger partial charge in [-0.15, -0.1) is 0 Å². The number of hydrogen-bond acceptors (Lipinski definition) is 5. The number of urea groups is 1. The summed E-state index contributed by atoms with van der Waals surface area (Å²) in [5, 5.41) is 7.57. The van der Waals surface area contributed by atoms with Crippen molar-refractivity contribution in [1.82, 2.24) is 16.0 Å². The van der Waals surface area contributed by atoms with E-state index in [1.54, 1.807) is 26.0 Å². The third-order valence-corrected chi connectivity index (χ3v) is 5.51. The molecule has 1 atom stereocenters. The lowest BCUT2D eigenvalue weighted by Crippen LogP contribution is -2.47. The van der Waals surface area contributed by atoms with Crippen molar-refractivity contribution in [3.63, 3.8) is 0 Å². The molecule has 0 saturated heterocycles. The Labute approximate surface area is 189 Å². The maximum absolute atomic E-state index is 12.6. The smallest absolute Gasteiger partial charge is 0.329 e. The van der Waals surface area contributed by atoms with Crippen LogP contribution < -0.4 is 16.0 Å². The molecule has 176 valence electrons. The van der Waals surface area contributed by atoms with Crippen molar-refractivity contribution in [2.24, 2.45) is 5.92 Å². The molecule has 32 heavy (non-hydrogen) atoms. The van der Waals surface area contributed by atoms with Crippen molar-refractivity contribution in [3.05, 3.63) is 35.4 Å². The molecule has 8 heteroatoms. The Morgan fingerprint density at radius 3 is 2.16 bits per heavy atom. The normalized spacial score (nSPS) is 15.2. The van der Waals surface area contributed by atoms with Crippen LogP contribution in [0.3, 0.4) is 0 Å². The zero-order valence-corrected chi connectivity index (χ0v) is 19.6. The molecular formula is C24H35N3O5. The minimum Gasteiger partial charge on any atom is -0.454 e. The summed E-state index contributed by atoms with van der Waals surface area (Å²) in [5.74, 6) is -2.11. The van der Waals surface area contributed by atoms with E-state index >= 15 is 0 Å². The molecule has 4 amide bonds. The molecule has 0 radical (unpaired) electrons. The third-order valence-electron chi connectivity index (χ3n) is 5.51. The largest absolute Gasteiger partial charge is 0.454 e. The highest BCUT2D eigenvalue weighted by Crippen LogP contribution is 2.22. The topological polar surface area (TPSA) is 114 Å². The highest BCUT2D eigenvalue weighted by molar-refractivity contribution is 5.98. The molecule has 1 aromatic carbocycles. The van der Waals surface area contributed by atoms with Crippen LogP contribution in [0.5, 0.6) is 0 Å². The van der Waals surface area contributed by atoms with Gasteiger partial charge < -0.3 is 15.4 Å². The van der Waals surface area contributed by atoms with E-state index in [4.69, 9.17) is 4.74 Å². The van der Waals surface area contributed by atoms with E-state index < -0.39 is 36.5 Å². The van der Waals surface area contributed by atoms with Gasteiger partial charge in [0.2, 0.25) is 0 Å². The van der Waals surface area contributed by atoms with Gasteiger partial charge >= 0.3 is 12.0 Å². The lowest BCUT2D eigenvalue weighted by atomic mass is 9.86. The number of imide groups is 1. The average Bonchev–Trinajstić information content (AvgIpc) is 3.22. The van der Waals surface area contributed by atoms with Crippen LogP contribution in [0, 0.1) is 5.92 Å². The van der Waals surface area contributed by atoms with Crippen LogP contribution in [0.1, 0.15) is 76.2 Å². The first-order valence-electron chi connectivity index (χ1n) is 11.2.